The van der Waals surface area contributed by atoms with Gasteiger partial charge in [-0.15, -0.1) is 0 Å². The van der Waals surface area contributed by atoms with Crippen molar-refractivity contribution in [3.05, 3.63) is 41.4 Å². The van der Waals surface area contributed by atoms with Crippen LogP contribution in [0, 0.1) is 5.92 Å². The first kappa shape index (κ1) is 19.4. The van der Waals surface area contributed by atoms with Gasteiger partial charge in [0, 0.05) is 44.0 Å². The van der Waals surface area contributed by atoms with E-state index in [1.165, 1.54) is 0 Å². The molecule has 0 aliphatic carbocycles. The zero-order valence-electron chi connectivity index (χ0n) is 16.4. The Bertz CT molecular complexity index is 758. The van der Waals surface area contributed by atoms with Crippen LogP contribution in [0.1, 0.15) is 42.1 Å². The minimum atomic E-state index is -0.247. The van der Waals surface area contributed by atoms with E-state index < -0.39 is 0 Å². The highest BCUT2D eigenvalue weighted by atomic mass is 16.5. The number of hydrogen-bond donors (Lipinski definition) is 1. The second-order valence-electron chi connectivity index (χ2n) is 7.59. The molecule has 0 unspecified atom stereocenters. The minimum Gasteiger partial charge on any atom is -0.355 e. The Balaban J connectivity index is 1.64. The summed E-state index contributed by atoms with van der Waals surface area (Å²) in [5, 5.41) is 6.92. The fraction of sp³-hybridized carbons (Fsp3) is 0.550. The summed E-state index contributed by atoms with van der Waals surface area (Å²) in [7, 11) is 2.15. The molecule has 2 aromatic heterocycles. The molecule has 1 amide bonds. The molecule has 0 atom stereocenters. The van der Waals surface area contributed by atoms with Crippen molar-refractivity contribution in [2.24, 2.45) is 5.92 Å². The third-order valence-corrected chi connectivity index (χ3v) is 4.73. The van der Waals surface area contributed by atoms with Crippen LogP contribution in [0.15, 0.2) is 28.9 Å². The lowest BCUT2D eigenvalue weighted by Gasteiger charge is -2.24. The molecule has 0 bridgehead atoms. The van der Waals surface area contributed by atoms with Gasteiger partial charge in [-0.2, -0.15) is 0 Å². The predicted molar refractivity (Wildman–Crippen MR) is 105 cm³/mol. The van der Waals surface area contributed by atoms with Crippen molar-refractivity contribution >= 4 is 11.7 Å². The van der Waals surface area contributed by atoms with Crippen molar-refractivity contribution in [1.82, 2.24) is 20.4 Å². The SMILES string of the molecule is CC(C)Cc1cc(C(=O)NCc2cccnc2N2CCCN(C)CC2)on1. The normalized spacial score (nSPS) is 15.8. The van der Waals surface area contributed by atoms with Crippen LogP contribution in [0.5, 0.6) is 0 Å². The number of nitrogens with zero attached hydrogens (tertiary/aromatic N) is 4. The van der Waals surface area contributed by atoms with Crippen molar-refractivity contribution in [3.63, 3.8) is 0 Å². The lowest BCUT2D eigenvalue weighted by molar-refractivity contribution is 0.0914. The highest BCUT2D eigenvalue weighted by molar-refractivity contribution is 5.91. The first-order valence-corrected chi connectivity index (χ1v) is 9.64. The quantitative estimate of drug-likeness (QED) is 0.840. The van der Waals surface area contributed by atoms with Crippen LogP contribution < -0.4 is 10.2 Å². The second kappa shape index (κ2) is 8.99. The summed E-state index contributed by atoms with van der Waals surface area (Å²) in [4.78, 5) is 21.6. The summed E-state index contributed by atoms with van der Waals surface area (Å²) in [5.74, 6) is 1.43. The summed E-state index contributed by atoms with van der Waals surface area (Å²) < 4.78 is 5.20. The van der Waals surface area contributed by atoms with Crippen LogP contribution in [0.25, 0.3) is 0 Å². The lowest BCUT2D eigenvalue weighted by Crippen LogP contribution is -2.31. The topological polar surface area (TPSA) is 74.5 Å². The molecule has 0 saturated carbocycles. The van der Waals surface area contributed by atoms with Crippen LogP contribution >= 0.6 is 0 Å². The number of carbonyl (C=O) groups is 1. The van der Waals surface area contributed by atoms with Gasteiger partial charge in [-0.3, -0.25) is 4.79 Å². The predicted octanol–water partition coefficient (Wildman–Crippen LogP) is 2.34. The summed E-state index contributed by atoms with van der Waals surface area (Å²) in [5.41, 5.74) is 1.82. The molecule has 1 fully saturated rings. The van der Waals surface area contributed by atoms with E-state index in [1.807, 2.05) is 18.3 Å². The Hall–Kier alpha value is -2.41. The lowest BCUT2D eigenvalue weighted by atomic mass is 10.1. The largest absolute Gasteiger partial charge is 0.355 e. The fourth-order valence-electron chi connectivity index (χ4n) is 3.31. The molecule has 0 aromatic carbocycles. The van der Waals surface area contributed by atoms with Gasteiger partial charge in [0.1, 0.15) is 5.82 Å². The highest BCUT2D eigenvalue weighted by Gasteiger charge is 2.18. The average molecular weight is 371 g/mol. The molecule has 146 valence electrons. The molecule has 0 radical (unpaired) electrons. The van der Waals surface area contributed by atoms with Crippen LogP contribution in [-0.2, 0) is 13.0 Å². The zero-order valence-corrected chi connectivity index (χ0v) is 16.4. The maximum atomic E-state index is 12.4. The van der Waals surface area contributed by atoms with Crippen molar-refractivity contribution < 1.29 is 9.32 Å². The van der Waals surface area contributed by atoms with E-state index in [9.17, 15) is 4.79 Å². The standard InChI is InChI=1S/C20H29N5O2/c1-15(2)12-17-13-18(27-23-17)20(26)22-14-16-6-4-7-21-19(16)25-9-5-8-24(3)10-11-25/h4,6-7,13,15H,5,8-12,14H2,1-3H3,(H,22,26). The van der Waals surface area contributed by atoms with E-state index >= 15 is 0 Å². The summed E-state index contributed by atoms with van der Waals surface area (Å²) in [6.45, 7) is 8.66. The van der Waals surface area contributed by atoms with Crippen LogP contribution in [0.4, 0.5) is 5.82 Å². The van der Waals surface area contributed by atoms with Gasteiger partial charge < -0.3 is 19.6 Å². The Morgan fingerprint density at radius 2 is 2.15 bits per heavy atom. The summed E-state index contributed by atoms with van der Waals surface area (Å²) in [6, 6.07) is 5.65. The molecule has 3 heterocycles. The monoisotopic (exact) mass is 371 g/mol. The zero-order chi connectivity index (χ0) is 19.2. The number of likely N-dealkylation sites (N-methyl/N-ethyl adjacent to an activating group) is 1. The maximum Gasteiger partial charge on any atom is 0.290 e. The van der Waals surface area contributed by atoms with Gasteiger partial charge in [0.15, 0.2) is 0 Å². The number of aromatic nitrogens is 2. The van der Waals surface area contributed by atoms with Gasteiger partial charge in [0.05, 0.1) is 5.69 Å². The molecule has 2 aromatic rings. The van der Waals surface area contributed by atoms with Crippen molar-refractivity contribution in [2.75, 3.05) is 38.1 Å². The molecule has 1 saturated heterocycles. The van der Waals surface area contributed by atoms with Crippen LogP contribution in [-0.4, -0.2) is 54.2 Å². The number of anilines is 1. The van der Waals surface area contributed by atoms with Crippen molar-refractivity contribution in [2.45, 2.75) is 33.2 Å². The van der Waals surface area contributed by atoms with E-state index in [1.54, 1.807) is 6.07 Å². The first-order valence-electron chi connectivity index (χ1n) is 9.64. The van der Waals surface area contributed by atoms with Gasteiger partial charge in [-0.1, -0.05) is 25.1 Å². The van der Waals surface area contributed by atoms with E-state index in [2.05, 4.69) is 46.2 Å². The molecular weight excluding hydrogens is 342 g/mol. The Kier molecular flexibility index (Phi) is 6.45. The number of rotatable bonds is 6. The number of carbonyl (C=O) groups excluding carboxylic acids is 1. The Morgan fingerprint density at radius 1 is 1.30 bits per heavy atom. The molecule has 0 spiro atoms. The van der Waals surface area contributed by atoms with Gasteiger partial charge >= 0.3 is 0 Å². The van der Waals surface area contributed by atoms with E-state index in [-0.39, 0.29) is 11.7 Å². The number of pyridine rings is 1. The molecule has 7 heteroatoms. The molecule has 3 rings (SSSR count). The van der Waals surface area contributed by atoms with Crippen LogP contribution in [0.2, 0.25) is 0 Å². The third kappa shape index (κ3) is 5.29. The van der Waals surface area contributed by atoms with E-state index in [0.29, 0.717) is 12.5 Å². The van der Waals surface area contributed by atoms with E-state index in [4.69, 9.17) is 4.52 Å². The maximum absolute atomic E-state index is 12.4. The van der Waals surface area contributed by atoms with Gasteiger partial charge in [-0.25, -0.2) is 4.98 Å². The highest BCUT2D eigenvalue weighted by Crippen LogP contribution is 2.19. The van der Waals surface area contributed by atoms with Gasteiger partial charge in [0.25, 0.3) is 5.91 Å². The first-order chi connectivity index (χ1) is 13.0. The third-order valence-electron chi connectivity index (χ3n) is 4.73. The second-order valence-corrected chi connectivity index (χ2v) is 7.59. The number of amides is 1. The van der Waals surface area contributed by atoms with Crippen molar-refractivity contribution in [3.8, 4) is 0 Å². The Labute approximate surface area is 160 Å². The molecule has 7 nitrogen and oxygen atoms in total. The molecule has 1 N–H and O–H groups in total. The van der Waals surface area contributed by atoms with Crippen molar-refractivity contribution in [1.29, 1.82) is 0 Å². The molecule has 1 aliphatic heterocycles. The molecular formula is C20H29N5O2. The van der Waals surface area contributed by atoms with Gasteiger partial charge in [-0.05, 0) is 38.4 Å². The number of nitrogens with one attached hydrogen (secondary N) is 1. The molecule has 27 heavy (non-hydrogen) atoms. The summed E-state index contributed by atoms with van der Waals surface area (Å²) in [6.07, 6.45) is 3.71. The minimum absolute atomic E-state index is 0.247. The van der Waals surface area contributed by atoms with Crippen LogP contribution in [0.3, 0.4) is 0 Å². The smallest absolute Gasteiger partial charge is 0.290 e. The average Bonchev–Trinajstić information content (AvgIpc) is 2.99. The van der Waals surface area contributed by atoms with Gasteiger partial charge in [0.2, 0.25) is 5.76 Å². The molecule has 1 aliphatic rings. The Morgan fingerprint density at radius 3 is 2.96 bits per heavy atom. The summed E-state index contributed by atoms with van der Waals surface area (Å²) >= 11 is 0. The van der Waals surface area contributed by atoms with E-state index in [0.717, 1.165) is 56.1 Å². The number of hydrogen-bond acceptors (Lipinski definition) is 6. The fourth-order valence-corrected chi connectivity index (χ4v) is 3.31.